The minimum absolute atomic E-state index is 0.186. The van der Waals surface area contributed by atoms with Crippen LogP contribution in [0.4, 0.5) is 0 Å². The van der Waals surface area contributed by atoms with Crippen LogP contribution in [0.25, 0.3) is 0 Å². The van der Waals surface area contributed by atoms with Gasteiger partial charge in [0, 0.05) is 11.1 Å². The van der Waals surface area contributed by atoms with Crippen molar-refractivity contribution in [1.82, 2.24) is 15.0 Å². The zero-order valence-corrected chi connectivity index (χ0v) is 13.2. The molecular formula is C12H23N3O2S2. The number of rotatable bonds is 10. The maximum absolute atomic E-state index is 11.7. The van der Waals surface area contributed by atoms with Crippen molar-refractivity contribution in [1.29, 1.82) is 0 Å². The number of unbranched alkanes of at least 4 members (excludes halogenated alkanes) is 1. The van der Waals surface area contributed by atoms with Gasteiger partial charge in [0.25, 0.3) is 0 Å². The van der Waals surface area contributed by atoms with Crippen molar-refractivity contribution in [3.05, 3.63) is 16.1 Å². The Morgan fingerprint density at radius 3 is 2.74 bits per heavy atom. The van der Waals surface area contributed by atoms with Crippen LogP contribution in [0.2, 0.25) is 0 Å². The first-order valence-electron chi connectivity index (χ1n) is 6.62. The van der Waals surface area contributed by atoms with Crippen LogP contribution in [0.1, 0.15) is 36.9 Å². The minimum Gasteiger partial charge on any atom is -0.317 e. The van der Waals surface area contributed by atoms with E-state index in [9.17, 15) is 8.42 Å². The number of thiazole rings is 1. The van der Waals surface area contributed by atoms with Crippen LogP contribution in [0, 0.1) is 6.92 Å². The average Bonchev–Trinajstić information content (AvgIpc) is 2.77. The Morgan fingerprint density at radius 2 is 2.11 bits per heavy atom. The van der Waals surface area contributed by atoms with E-state index in [2.05, 4.69) is 21.9 Å². The Kier molecular flexibility index (Phi) is 7.52. The van der Waals surface area contributed by atoms with Gasteiger partial charge in [-0.15, -0.1) is 11.3 Å². The summed E-state index contributed by atoms with van der Waals surface area (Å²) in [7, 11) is -3.17. The summed E-state index contributed by atoms with van der Waals surface area (Å²) in [5.74, 6) is 0.186. The van der Waals surface area contributed by atoms with Crippen LogP contribution in [-0.2, 0) is 16.6 Å². The highest BCUT2D eigenvalue weighted by atomic mass is 32.2. The fourth-order valence-electron chi connectivity index (χ4n) is 1.57. The summed E-state index contributed by atoms with van der Waals surface area (Å²) in [6.45, 7) is 6.19. The topological polar surface area (TPSA) is 71.1 Å². The van der Waals surface area contributed by atoms with E-state index in [1.54, 1.807) is 0 Å². The molecule has 0 aliphatic carbocycles. The second kappa shape index (κ2) is 8.63. The van der Waals surface area contributed by atoms with E-state index in [0.29, 0.717) is 13.0 Å². The second-order valence-corrected chi connectivity index (χ2v) is 7.35. The summed E-state index contributed by atoms with van der Waals surface area (Å²) < 4.78 is 26.1. The van der Waals surface area contributed by atoms with E-state index in [-0.39, 0.29) is 5.75 Å². The molecule has 0 saturated heterocycles. The molecule has 0 amide bonds. The molecule has 19 heavy (non-hydrogen) atoms. The van der Waals surface area contributed by atoms with E-state index >= 15 is 0 Å². The predicted octanol–water partition coefficient (Wildman–Crippen LogP) is 1.65. The molecule has 1 aromatic heterocycles. The van der Waals surface area contributed by atoms with Gasteiger partial charge in [0.05, 0.1) is 12.3 Å². The van der Waals surface area contributed by atoms with E-state index in [4.69, 9.17) is 0 Å². The third-order valence-corrected chi connectivity index (χ3v) is 4.93. The second-order valence-electron chi connectivity index (χ2n) is 4.48. The third-order valence-electron chi connectivity index (χ3n) is 2.55. The van der Waals surface area contributed by atoms with Crippen LogP contribution in [0.5, 0.6) is 0 Å². The Bertz CT molecular complexity index is 457. The van der Waals surface area contributed by atoms with Gasteiger partial charge in [-0.1, -0.05) is 6.92 Å². The van der Waals surface area contributed by atoms with E-state index in [1.165, 1.54) is 11.3 Å². The molecule has 0 unspecified atom stereocenters. The molecule has 0 fully saturated rings. The summed E-state index contributed by atoms with van der Waals surface area (Å²) in [5, 5.41) is 5.99. The van der Waals surface area contributed by atoms with Crippen LogP contribution in [0.3, 0.4) is 0 Å². The number of nitrogens with zero attached hydrogens (tertiary/aromatic N) is 1. The van der Waals surface area contributed by atoms with Crippen LogP contribution < -0.4 is 10.0 Å². The number of sulfonamides is 1. The summed E-state index contributed by atoms with van der Waals surface area (Å²) in [5.41, 5.74) is 0.932. The molecule has 2 N–H and O–H groups in total. The molecule has 5 nitrogen and oxygen atoms in total. The number of nitrogens with one attached hydrogen (secondary N) is 2. The first-order chi connectivity index (χ1) is 9.03. The number of aryl methyl sites for hydroxylation is 1. The largest absolute Gasteiger partial charge is 0.317 e. The molecule has 0 saturated carbocycles. The lowest BCUT2D eigenvalue weighted by Crippen LogP contribution is -2.26. The van der Waals surface area contributed by atoms with Gasteiger partial charge in [0.1, 0.15) is 5.01 Å². The normalized spacial score (nSPS) is 11.9. The highest BCUT2D eigenvalue weighted by Gasteiger charge is 2.10. The monoisotopic (exact) mass is 305 g/mol. The molecule has 0 aliphatic rings. The minimum atomic E-state index is -3.17. The molecule has 0 radical (unpaired) electrons. The van der Waals surface area contributed by atoms with Gasteiger partial charge in [-0.2, -0.15) is 0 Å². The molecule has 7 heteroatoms. The molecule has 0 bridgehead atoms. The number of hydrogen-bond acceptors (Lipinski definition) is 5. The first kappa shape index (κ1) is 16.6. The Morgan fingerprint density at radius 1 is 1.32 bits per heavy atom. The first-order valence-corrected chi connectivity index (χ1v) is 9.16. The van der Waals surface area contributed by atoms with E-state index in [0.717, 1.165) is 36.6 Å². The molecule has 0 aromatic carbocycles. The van der Waals surface area contributed by atoms with E-state index in [1.807, 2.05) is 12.3 Å². The molecule has 1 heterocycles. The van der Waals surface area contributed by atoms with Crippen LogP contribution in [-0.4, -0.2) is 32.2 Å². The SMILES string of the molecule is CCCNCCCCS(=O)(=O)NCc1nc(C)cs1. The molecule has 0 aliphatic heterocycles. The van der Waals surface area contributed by atoms with Gasteiger partial charge < -0.3 is 5.32 Å². The highest BCUT2D eigenvalue weighted by Crippen LogP contribution is 2.08. The van der Waals surface area contributed by atoms with Crippen LogP contribution >= 0.6 is 11.3 Å². The van der Waals surface area contributed by atoms with Crippen molar-refractivity contribution in [2.45, 2.75) is 39.7 Å². The molecule has 0 spiro atoms. The van der Waals surface area contributed by atoms with Gasteiger partial charge >= 0.3 is 0 Å². The lowest BCUT2D eigenvalue weighted by atomic mass is 10.3. The zero-order valence-electron chi connectivity index (χ0n) is 11.6. The van der Waals surface area contributed by atoms with Gasteiger partial charge in [0.15, 0.2) is 0 Å². The quantitative estimate of drug-likeness (QED) is 0.645. The Balaban J connectivity index is 2.17. The van der Waals surface area contributed by atoms with Gasteiger partial charge in [-0.3, -0.25) is 0 Å². The smallest absolute Gasteiger partial charge is 0.211 e. The van der Waals surface area contributed by atoms with Crippen molar-refractivity contribution in [2.75, 3.05) is 18.8 Å². The summed E-state index contributed by atoms with van der Waals surface area (Å²) in [6.07, 6.45) is 2.67. The van der Waals surface area contributed by atoms with Crippen molar-refractivity contribution in [3.63, 3.8) is 0 Å². The Hall–Kier alpha value is -0.500. The summed E-state index contributed by atoms with van der Waals surface area (Å²) >= 11 is 1.48. The fourth-order valence-corrected chi connectivity index (χ4v) is 3.46. The number of hydrogen-bond donors (Lipinski definition) is 2. The van der Waals surface area contributed by atoms with Gasteiger partial charge in [0.2, 0.25) is 10.0 Å². The average molecular weight is 305 g/mol. The predicted molar refractivity (Wildman–Crippen MR) is 79.9 cm³/mol. The lowest BCUT2D eigenvalue weighted by Gasteiger charge is -2.05. The maximum Gasteiger partial charge on any atom is 0.211 e. The van der Waals surface area contributed by atoms with Crippen molar-refractivity contribution >= 4 is 21.4 Å². The van der Waals surface area contributed by atoms with Crippen molar-refractivity contribution in [3.8, 4) is 0 Å². The number of aromatic nitrogens is 1. The molecular weight excluding hydrogens is 282 g/mol. The standard InChI is InChI=1S/C12H23N3O2S2/c1-3-6-13-7-4-5-8-19(16,17)14-9-12-15-11(2)10-18-12/h10,13-14H,3-9H2,1-2H3. The van der Waals surface area contributed by atoms with Crippen molar-refractivity contribution < 1.29 is 8.42 Å². The van der Waals surface area contributed by atoms with Gasteiger partial charge in [-0.05, 0) is 39.3 Å². The molecule has 1 rings (SSSR count). The molecule has 110 valence electrons. The fraction of sp³-hybridized carbons (Fsp3) is 0.750. The third kappa shape index (κ3) is 7.61. The molecule has 0 atom stereocenters. The van der Waals surface area contributed by atoms with Crippen LogP contribution in [0.15, 0.2) is 5.38 Å². The van der Waals surface area contributed by atoms with Crippen molar-refractivity contribution in [2.24, 2.45) is 0 Å². The summed E-state index contributed by atoms with van der Waals surface area (Å²) in [6, 6.07) is 0. The zero-order chi connectivity index (χ0) is 14.1. The Labute approximate surface area is 119 Å². The summed E-state index contributed by atoms with van der Waals surface area (Å²) in [4.78, 5) is 4.23. The molecule has 1 aromatic rings. The maximum atomic E-state index is 11.7. The highest BCUT2D eigenvalue weighted by molar-refractivity contribution is 7.89. The van der Waals surface area contributed by atoms with Gasteiger partial charge in [-0.25, -0.2) is 18.1 Å². The van der Waals surface area contributed by atoms with E-state index < -0.39 is 10.0 Å². The lowest BCUT2D eigenvalue weighted by molar-refractivity contribution is 0.572.